The number of carbonyl (C=O) groups excluding carboxylic acids is 1. The number of carbonyl (C=O) groups is 1. The van der Waals surface area contributed by atoms with E-state index in [-0.39, 0.29) is 26.8 Å². The van der Waals surface area contributed by atoms with Crippen LogP contribution in [0.15, 0.2) is 0 Å². The van der Waals surface area contributed by atoms with Crippen molar-refractivity contribution in [2.75, 3.05) is 13.1 Å². The van der Waals surface area contributed by atoms with Gasteiger partial charge in [-0.25, -0.2) is 0 Å². The Morgan fingerprint density at radius 1 is 1.80 bits per heavy atom. The molecule has 0 aromatic rings. The third-order valence-corrected chi connectivity index (χ3v) is 2.71. The van der Waals surface area contributed by atoms with Gasteiger partial charge in [-0.15, -0.1) is 6.54 Å². The summed E-state index contributed by atoms with van der Waals surface area (Å²) in [6, 6.07) is 0. The van der Waals surface area contributed by atoms with Gasteiger partial charge in [-0.1, -0.05) is 8.93 Å². The molecule has 0 aliphatic heterocycles. The van der Waals surface area contributed by atoms with Crippen LogP contribution in [0.25, 0.3) is 0 Å². The molecule has 2 nitrogen and oxygen atoms in total. The van der Waals surface area contributed by atoms with Crippen LogP contribution in [0, 0.1) is 6.92 Å². The summed E-state index contributed by atoms with van der Waals surface area (Å²) in [5, 5.41) is 0. The van der Waals surface area contributed by atoms with Crippen molar-refractivity contribution >= 4 is 23.1 Å². The maximum absolute atomic E-state index is 10.5. The Kier molecular flexibility index (Phi) is 11.4. The topological polar surface area (TPSA) is 20.3 Å². The summed E-state index contributed by atoms with van der Waals surface area (Å²) in [6.07, 6.45) is 0. The fraction of sp³-hybridized carbons (Fsp3) is 0.600. The predicted octanol–water partition coefficient (Wildman–Crippen LogP) is 1.09. The molecule has 0 saturated heterocycles. The van der Waals surface area contributed by atoms with E-state index < -0.39 is 0 Å². The van der Waals surface area contributed by atoms with E-state index in [1.165, 1.54) is 0 Å². The normalized spacial score (nSPS) is 10.4. The van der Waals surface area contributed by atoms with Crippen LogP contribution in [0.1, 0.15) is 6.92 Å². The van der Waals surface area contributed by atoms with Crippen molar-refractivity contribution in [3.05, 3.63) is 6.92 Å². The second-order valence-corrected chi connectivity index (χ2v) is 3.42. The molecule has 5 heteroatoms. The Balaban J connectivity index is 0. The summed E-state index contributed by atoms with van der Waals surface area (Å²) in [7, 11) is 3.20. The van der Waals surface area contributed by atoms with Crippen molar-refractivity contribution in [3.63, 3.8) is 0 Å². The number of ketones is 1. The van der Waals surface area contributed by atoms with Gasteiger partial charge in [-0.3, -0.25) is 4.79 Å². The monoisotopic (exact) mass is 348 g/mol. The molecule has 10 heavy (non-hydrogen) atoms. The van der Waals surface area contributed by atoms with Gasteiger partial charge in [0.05, 0.1) is 6.54 Å². The SMILES string of the molecule is [CH2-]CN(CC(C)=O)PP.[W]. The van der Waals surface area contributed by atoms with E-state index in [9.17, 15) is 4.79 Å². The fourth-order valence-corrected chi connectivity index (χ4v) is 1.56. The largest absolute Gasteiger partial charge is 0.329 e. The molecule has 0 N–H and O–H groups in total. The van der Waals surface area contributed by atoms with E-state index in [1.54, 1.807) is 6.92 Å². The third-order valence-electron chi connectivity index (χ3n) is 0.866. The average Bonchev–Trinajstić information content (AvgIpc) is 1.82. The first kappa shape index (κ1) is 13.7. The third kappa shape index (κ3) is 7.29. The van der Waals surface area contributed by atoms with Crippen LogP contribution in [-0.4, -0.2) is 23.5 Å². The minimum Gasteiger partial charge on any atom is -0.329 e. The van der Waals surface area contributed by atoms with Crippen LogP contribution in [0.2, 0.25) is 0 Å². The predicted molar refractivity (Wildman–Crippen MR) is 45.6 cm³/mol. The van der Waals surface area contributed by atoms with Crippen molar-refractivity contribution in [1.82, 2.24) is 4.67 Å². The van der Waals surface area contributed by atoms with Gasteiger partial charge in [0.25, 0.3) is 0 Å². The maximum Gasteiger partial charge on any atom is 0.143 e. The molecular weight excluding hydrogens is 336 g/mol. The summed E-state index contributed by atoms with van der Waals surface area (Å²) in [5.41, 5.74) is 0. The quantitative estimate of drug-likeness (QED) is 0.560. The van der Waals surface area contributed by atoms with Gasteiger partial charge in [-0.05, 0) is 15.3 Å². The molecule has 0 amide bonds. The van der Waals surface area contributed by atoms with Crippen molar-refractivity contribution in [3.8, 4) is 0 Å². The Morgan fingerprint density at radius 2 is 2.30 bits per heavy atom. The van der Waals surface area contributed by atoms with E-state index in [1.807, 2.05) is 4.67 Å². The summed E-state index contributed by atoms with van der Waals surface area (Å²) in [6.45, 7) is 6.51. The first-order valence-electron chi connectivity index (χ1n) is 2.70. The van der Waals surface area contributed by atoms with Crippen LogP contribution in [0.4, 0.5) is 0 Å². The molecule has 60 valence electrons. The summed E-state index contributed by atoms with van der Waals surface area (Å²) in [5.74, 6) is 0.202. The molecule has 0 aliphatic rings. The Labute approximate surface area is 80.7 Å². The van der Waals surface area contributed by atoms with Crippen LogP contribution in [0.5, 0.6) is 0 Å². The zero-order valence-corrected chi connectivity index (χ0v) is 11.1. The molecule has 0 bridgehead atoms. The maximum atomic E-state index is 10.5. The molecule has 0 rings (SSSR count). The van der Waals surface area contributed by atoms with Crippen molar-refractivity contribution in [2.45, 2.75) is 6.92 Å². The molecule has 2 unspecified atom stereocenters. The van der Waals surface area contributed by atoms with Gasteiger partial charge in [0.2, 0.25) is 0 Å². The van der Waals surface area contributed by atoms with Gasteiger partial charge < -0.3 is 11.6 Å². The zero-order chi connectivity index (χ0) is 7.28. The van der Waals surface area contributed by atoms with E-state index in [4.69, 9.17) is 0 Å². The smallest absolute Gasteiger partial charge is 0.143 e. The number of hydrogen-bond acceptors (Lipinski definition) is 2. The van der Waals surface area contributed by atoms with E-state index in [2.05, 4.69) is 15.9 Å². The summed E-state index contributed by atoms with van der Waals surface area (Å²) >= 11 is 0. The Morgan fingerprint density at radius 3 is 2.40 bits per heavy atom. The van der Waals surface area contributed by atoms with E-state index in [0.29, 0.717) is 21.5 Å². The van der Waals surface area contributed by atoms with E-state index >= 15 is 0 Å². The Hall–Kier alpha value is 1.18. The van der Waals surface area contributed by atoms with Crippen LogP contribution < -0.4 is 0 Å². The van der Waals surface area contributed by atoms with Gasteiger partial charge in [0, 0.05) is 21.1 Å². The summed E-state index contributed by atoms with van der Waals surface area (Å²) in [4.78, 5) is 10.5. The van der Waals surface area contributed by atoms with Crippen LogP contribution in [-0.2, 0) is 25.9 Å². The molecule has 0 saturated carbocycles. The first-order valence-corrected chi connectivity index (χ1v) is 5.46. The minimum absolute atomic E-state index is 0. The van der Waals surface area contributed by atoms with Crippen molar-refractivity contribution in [2.24, 2.45) is 0 Å². The van der Waals surface area contributed by atoms with Gasteiger partial charge in [0.15, 0.2) is 0 Å². The standard InChI is InChI=1S/C5H12NOP2.W/c1-3-6(9-8)4-5(2)7;/h9H,1,3-4,8H2,2H3;/q-1;. The molecule has 0 radical (unpaired) electrons. The molecule has 0 fully saturated rings. The van der Waals surface area contributed by atoms with Crippen LogP contribution >= 0.6 is 17.3 Å². The number of hydrogen-bond donors (Lipinski definition) is 0. The van der Waals surface area contributed by atoms with Gasteiger partial charge in [0.1, 0.15) is 5.78 Å². The zero-order valence-electron chi connectivity index (χ0n) is 5.96. The van der Waals surface area contributed by atoms with Gasteiger partial charge >= 0.3 is 0 Å². The Bertz CT molecular complexity index is 97.6. The average molecular weight is 348 g/mol. The molecular formula is C5H12NOP2W-. The summed E-state index contributed by atoms with van der Waals surface area (Å²) < 4.78 is 1.98. The number of rotatable bonds is 4. The van der Waals surface area contributed by atoms with Crippen molar-refractivity contribution in [1.29, 1.82) is 0 Å². The second-order valence-electron chi connectivity index (χ2n) is 1.75. The molecule has 0 aliphatic carbocycles. The minimum atomic E-state index is 0. The van der Waals surface area contributed by atoms with Crippen LogP contribution in [0.3, 0.4) is 0 Å². The molecule has 0 heterocycles. The van der Waals surface area contributed by atoms with E-state index in [0.717, 1.165) is 0 Å². The fourth-order valence-electron chi connectivity index (χ4n) is 0.458. The molecule has 0 spiro atoms. The first-order chi connectivity index (χ1) is 4.20. The molecule has 0 aromatic heterocycles. The number of Topliss-reactive ketones (excluding diaryl/α,β-unsaturated/α-hetero) is 1. The molecule has 0 aromatic carbocycles. The number of nitrogens with zero attached hydrogens (tertiary/aromatic N) is 1. The second kappa shape index (κ2) is 8.28. The van der Waals surface area contributed by atoms with Gasteiger partial charge in [-0.2, -0.15) is 0 Å². The molecule has 2 atom stereocenters. The van der Waals surface area contributed by atoms with Crippen molar-refractivity contribution < 1.29 is 25.9 Å².